The molecule has 0 spiro atoms. The van der Waals surface area contributed by atoms with Crippen LogP contribution in [0, 0.1) is 0 Å². The van der Waals surface area contributed by atoms with Gasteiger partial charge in [0.2, 0.25) is 5.91 Å². The van der Waals surface area contributed by atoms with Crippen molar-refractivity contribution < 1.29 is 9.21 Å². The molecule has 2 heterocycles. The number of thioether (sulfide) groups is 1. The molecule has 142 valence electrons. The third-order valence-corrected chi connectivity index (χ3v) is 6.15. The van der Waals surface area contributed by atoms with Gasteiger partial charge in [-0.1, -0.05) is 30.7 Å². The first-order valence-corrected chi connectivity index (χ1v) is 10.9. The topological polar surface area (TPSA) is 45.5 Å². The Morgan fingerprint density at radius 2 is 1.85 bits per heavy atom. The van der Waals surface area contributed by atoms with Gasteiger partial charge < -0.3 is 14.6 Å². The van der Waals surface area contributed by atoms with Crippen LogP contribution in [0.2, 0.25) is 0 Å². The second kappa shape index (κ2) is 8.81. The lowest BCUT2D eigenvalue weighted by Crippen LogP contribution is -2.38. The van der Waals surface area contributed by atoms with Crippen molar-refractivity contribution in [2.45, 2.75) is 25.0 Å². The molecule has 0 bridgehead atoms. The first-order valence-electron chi connectivity index (χ1n) is 9.76. The smallest absolute Gasteiger partial charge is 0.230 e. The van der Waals surface area contributed by atoms with E-state index in [0.29, 0.717) is 5.75 Å². The molecule has 0 radical (unpaired) electrons. The van der Waals surface area contributed by atoms with Crippen molar-refractivity contribution >= 4 is 39.6 Å². The van der Waals surface area contributed by atoms with Gasteiger partial charge in [0, 0.05) is 29.6 Å². The zero-order chi connectivity index (χ0) is 18.5. The summed E-state index contributed by atoms with van der Waals surface area (Å²) in [5.74, 6) is 1.46. The van der Waals surface area contributed by atoms with E-state index in [4.69, 9.17) is 4.42 Å². The Hall–Kier alpha value is -1.98. The minimum Gasteiger partial charge on any atom is -0.456 e. The molecule has 1 aromatic heterocycles. The van der Waals surface area contributed by atoms with Crippen LogP contribution in [0.25, 0.3) is 21.9 Å². The summed E-state index contributed by atoms with van der Waals surface area (Å²) in [7, 11) is 0. The van der Waals surface area contributed by atoms with Crippen LogP contribution in [0.4, 0.5) is 0 Å². The lowest BCUT2D eigenvalue weighted by Gasteiger charge is -2.26. The van der Waals surface area contributed by atoms with E-state index in [1.165, 1.54) is 37.9 Å². The summed E-state index contributed by atoms with van der Waals surface area (Å²) in [6.07, 6.45) is 3.93. The Bertz CT molecular complexity index is 915. The van der Waals surface area contributed by atoms with Gasteiger partial charge in [0.15, 0.2) is 0 Å². The highest BCUT2D eigenvalue weighted by molar-refractivity contribution is 7.99. The summed E-state index contributed by atoms with van der Waals surface area (Å²) < 4.78 is 5.87. The molecule has 2 aromatic carbocycles. The number of carbonyl (C=O) groups is 1. The van der Waals surface area contributed by atoms with Crippen LogP contribution in [0.3, 0.4) is 0 Å². The molecule has 1 aliphatic rings. The second-order valence-electron chi connectivity index (χ2n) is 7.17. The molecule has 5 heteroatoms. The molecule has 3 aromatic rings. The van der Waals surface area contributed by atoms with Gasteiger partial charge in [0.1, 0.15) is 11.2 Å². The number of carbonyl (C=O) groups excluding carboxylic acids is 1. The first kappa shape index (κ1) is 18.4. The highest BCUT2D eigenvalue weighted by atomic mass is 32.2. The summed E-state index contributed by atoms with van der Waals surface area (Å²) in [4.78, 5) is 14.5. The summed E-state index contributed by atoms with van der Waals surface area (Å²) in [6.45, 7) is 4.08. The Morgan fingerprint density at radius 1 is 1.04 bits per heavy atom. The van der Waals surface area contributed by atoms with Gasteiger partial charge in [-0.2, -0.15) is 0 Å². The van der Waals surface area contributed by atoms with Crippen molar-refractivity contribution in [1.82, 2.24) is 10.2 Å². The van der Waals surface area contributed by atoms with Crippen LogP contribution < -0.4 is 5.32 Å². The van der Waals surface area contributed by atoms with Crippen molar-refractivity contribution in [2.75, 3.05) is 31.9 Å². The standard InChI is InChI=1S/C22H26N2O2S/c25-22(23-10-13-24-11-4-1-5-12-24)16-27-15-17-8-9-21-19(14-17)18-6-2-3-7-20(18)26-21/h2-3,6-9,14H,1,4-5,10-13,15-16H2,(H,23,25). The quantitative estimate of drug-likeness (QED) is 0.657. The van der Waals surface area contributed by atoms with Crippen LogP contribution in [0.5, 0.6) is 0 Å². The molecule has 0 aliphatic carbocycles. The maximum atomic E-state index is 12.1. The fraction of sp³-hybridized carbons (Fsp3) is 0.409. The van der Waals surface area contributed by atoms with E-state index in [-0.39, 0.29) is 5.91 Å². The molecule has 4 rings (SSSR count). The number of rotatable bonds is 7. The molecule has 0 unspecified atom stereocenters. The molecule has 0 atom stereocenters. The zero-order valence-corrected chi connectivity index (χ0v) is 16.4. The summed E-state index contributed by atoms with van der Waals surface area (Å²) in [5, 5.41) is 5.35. The van der Waals surface area contributed by atoms with Gasteiger partial charge in [-0.25, -0.2) is 0 Å². The Balaban J connectivity index is 1.25. The molecule has 1 N–H and O–H groups in total. The number of amides is 1. The summed E-state index contributed by atoms with van der Waals surface area (Å²) in [6, 6.07) is 14.4. The lowest BCUT2D eigenvalue weighted by atomic mass is 10.1. The second-order valence-corrected chi connectivity index (χ2v) is 8.16. The predicted octanol–water partition coefficient (Wildman–Crippen LogP) is 4.42. The number of piperidine rings is 1. The van der Waals surface area contributed by atoms with Crippen LogP contribution in [0.15, 0.2) is 46.9 Å². The minimum atomic E-state index is 0.131. The van der Waals surface area contributed by atoms with E-state index in [9.17, 15) is 4.79 Å². The van der Waals surface area contributed by atoms with Gasteiger partial charge in [0.25, 0.3) is 0 Å². The maximum Gasteiger partial charge on any atom is 0.230 e. The largest absolute Gasteiger partial charge is 0.456 e. The van der Waals surface area contributed by atoms with Crippen LogP contribution >= 0.6 is 11.8 Å². The van der Waals surface area contributed by atoms with E-state index in [1.54, 1.807) is 11.8 Å². The monoisotopic (exact) mass is 382 g/mol. The molecule has 27 heavy (non-hydrogen) atoms. The van der Waals surface area contributed by atoms with Crippen molar-refractivity contribution in [3.8, 4) is 0 Å². The predicted molar refractivity (Wildman–Crippen MR) is 113 cm³/mol. The Kier molecular flexibility index (Phi) is 6.00. The third-order valence-electron chi connectivity index (χ3n) is 5.14. The Morgan fingerprint density at radius 3 is 2.74 bits per heavy atom. The molecular formula is C22H26N2O2S. The average molecular weight is 383 g/mol. The maximum absolute atomic E-state index is 12.1. The number of para-hydroxylation sites is 1. The summed E-state index contributed by atoms with van der Waals surface area (Å²) in [5.41, 5.74) is 3.06. The van der Waals surface area contributed by atoms with Gasteiger partial charge >= 0.3 is 0 Å². The van der Waals surface area contributed by atoms with Crippen LogP contribution in [0.1, 0.15) is 24.8 Å². The van der Waals surface area contributed by atoms with Gasteiger partial charge in [-0.3, -0.25) is 4.79 Å². The highest BCUT2D eigenvalue weighted by Gasteiger charge is 2.10. The highest BCUT2D eigenvalue weighted by Crippen LogP contribution is 2.30. The van der Waals surface area contributed by atoms with Gasteiger partial charge in [0.05, 0.1) is 5.75 Å². The van der Waals surface area contributed by atoms with Gasteiger partial charge in [-0.15, -0.1) is 11.8 Å². The summed E-state index contributed by atoms with van der Waals surface area (Å²) >= 11 is 1.66. The Labute approximate surface area is 164 Å². The molecule has 1 fully saturated rings. The molecule has 1 aliphatic heterocycles. The SMILES string of the molecule is O=C(CSCc1ccc2oc3ccccc3c2c1)NCCN1CCCCC1. The lowest BCUT2D eigenvalue weighted by molar-refractivity contribution is -0.118. The number of hydrogen-bond acceptors (Lipinski definition) is 4. The van der Waals surface area contributed by atoms with E-state index in [1.807, 2.05) is 24.3 Å². The molecule has 1 saturated heterocycles. The van der Waals surface area contributed by atoms with Crippen LogP contribution in [-0.2, 0) is 10.5 Å². The number of furan rings is 1. The molecule has 0 saturated carbocycles. The first-order chi connectivity index (χ1) is 13.3. The van der Waals surface area contributed by atoms with Crippen LogP contribution in [-0.4, -0.2) is 42.7 Å². The number of nitrogens with zero attached hydrogens (tertiary/aromatic N) is 1. The average Bonchev–Trinajstić information content (AvgIpc) is 3.07. The van der Waals surface area contributed by atoms with E-state index < -0.39 is 0 Å². The van der Waals surface area contributed by atoms with E-state index >= 15 is 0 Å². The molecule has 1 amide bonds. The number of benzene rings is 2. The fourth-order valence-electron chi connectivity index (χ4n) is 3.71. The number of fused-ring (bicyclic) bond motifs is 3. The van der Waals surface area contributed by atoms with Crippen molar-refractivity contribution in [2.24, 2.45) is 0 Å². The van der Waals surface area contributed by atoms with E-state index in [2.05, 4.69) is 28.4 Å². The minimum absolute atomic E-state index is 0.131. The number of likely N-dealkylation sites (tertiary alicyclic amines) is 1. The third kappa shape index (κ3) is 4.66. The molecular weight excluding hydrogens is 356 g/mol. The van der Waals surface area contributed by atoms with E-state index in [0.717, 1.165) is 40.8 Å². The van der Waals surface area contributed by atoms with Crippen molar-refractivity contribution in [3.63, 3.8) is 0 Å². The zero-order valence-electron chi connectivity index (χ0n) is 15.6. The number of hydrogen-bond donors (Lipinski definition) is 1. The number of nitrogens with one attached hydrogen (secondary N) is 1. The van der Waals surface area contributed by atoms with Crippen molar-refractivity contribution in [3.05, 3.63) is 48.0 Å². The molecule has 4 nitrogen and oxygen atoms in total. The van der Waals surface area contributed by atoms with Crippen molar-refractivity contribution in [1.29, 1.82) is 0 Å². The fourth-order valence-corrected chi connectivity index (χ4v) is 4.52. The normalized spacial score (nSPS) is 15.4. The van der Waals surface area contributed by atoms with Gasteiger partial charge in [-0.05, 0) is 49.7 Å².